The van der Waals surface area contributed by atoms with Gasteiger partial charge in [-0.2, -0.15) is 0 Å². The molecular weight excluding hydrogens is 376 g/mol. The first-order chi connectivity index (χ1) is 9.38. The van der Waals surface area contributed by atoms with Crippen LogP contribution in [0.1, 0.15) is 16.0 Å². The molecule has 0 aromatic heterocycles. The Morgan fingerprint density at radius 3 is 2.10 bits per heavy atom. The molecule has 0 N–H and O–H groups in total. The van der Waals surface area contributed by atoms with Gasteiger partial charge in [0, 0.05) is 4.83 Å². The third-order valence-corrected chi connectivity index (χ3v) is 4.36. The molecule has 106 valence electrons. The van der Waals surface area contributed by atoms with E-state index in [1.54, 1.807) is 18.2 Å². The van der Waals surface area contributed by atoms with Crippen molar-refractivity contribution in [1.29, 1.82) is 0 Å². The second kappa shape index (κ2) is 6.37. The minimum absolute atomic E-state index is 0.312. The lowest BCUT2D eigenvalue weighted by Gasteiger charge is -2.12. The molecule has 6 heteroatoms. The van der Waals surface area contributed by atoms with Gasteiger partial charge in [-0.3, -0.25) is 0 Å². The summed E-state index contributed by atoms with van der Waals surface area (Å²) in [4.78, 5) is -0.371. The molecule has 0 spiro atoms. The number of alkyl halides is 1. The van der Waals surface area contributed by atoms with Gasteiger partial charge in [-0.25, -0.2) is 13.2 Å². The maximum Gasteiger partial charge on any atom is 0.194 e. The van der Waals surface area contributed by atoms with Gasteiger partial charge in [0.05, 0.1) is 10.0 Å². The fourth-order valence-corrected chi connectivity index (χ4v) is 2.71. The highest BCUT2D eigenvalue weighted by atomic mass is 79.9. The Bertz CT molecular complexity index is 623. The second-order valence-electron chi connectivity index (χ2n) is 4.22. The molecule has 0 fully saturated rings. The van der Waals surface area contributed by atoms with Crippen LogP contribution < -0.4 is 0 Å². The van der Waals surface area contributed by atoms with Gasteiger partial charge >= 0.3 is 0 Å². The number of rotatable bonds is 3. The molecule has 1 unspecified atom stereocenters. The third kappa shape index (κ3) is 3.48. The van der Waals surface area contributed by atoms with Crippen molar-refractivity contribution in [2.24, 2.45) is 0 Å². The minimum atomic E-state index is -1.47. The fourth-order valence-electron chi connectivity index (χ4n) is 1.75. The Hall–Kier alpha value is -0.710. The molecule has 2 rings (SSSR count). The van der Waals surface area contributed by atoms with E-state index in [0.717, 1.165) is 17.7 Å². The van der Waals surface area contributed by atoms with Crippen molar-refractivity contribution in [1.82, 2.24) is 0 Å². The van der Waals surface area contributed by atoms with Crippen LogP contribution in [0.15, 0.2) is 30.3 Å². The second-order valence-corrected chi connectivity index (χ2v) is 6.14. The highest BCUT2D eigenvalue weighted by Crippen LogP contribution is 2.31. The van der Waals surface area contributed by atoms with Crippen LogP contribution in [-0.4, -0.2) is 0 Å². The van der Waals surface area contributed by atoms with Gasteiger partial charge in [0.2, 0.25) is 0 Å². The zero-order chi connectivity index (χ0) is 14.9. The van der Waals surface area contributed by atoms with Gasteiger partial charge in [-0.15, -0.1) is 0 Å². The summed E-state index contributed by atoms with van der Waals surface area (Å²) in [5.41, 5.74) is 1.15. The molecule has 0 aliphatic rings. The largest absolute Gasteiger partial charge is 0.204 e. The topological polar surface area (TPSA) is 0 Å². The molecule has 2 aromatic rings. The van der Waals surface area contributed by atoms with E-state index in [-0.39, 0.29) is 4.83 Å². The predicted molar refractivity (Wildman–Crippen MR) is 78.2 cm³/mol. The van der Waals surface area contributed by atoms with Gasteiger partial charge < -0.3 is 0 Å². The highest BCUT2D eigenvalue weighted by molar-refractivity contribution is 9.09. The number of hydrogen-bond acceptors (Lipinski definition) is 0. The molecule has 0 bridgehead atoms. The molecule has 0 nitrogen and oxygen atoms in total. The summed E-state index contributed by atoms with van der Waals surface area (Å²) in [5.74, 6) is -3.89. The van der Waals surface area contributed by atoms with Gasteiger partial charge in [-0.1, -0.05) is 45.2 Å². The molecule has 0 heterocycles. The van der Waals surface area contributed by atoms with Crippen molar-refractivity contribution in [3.63, 3.8) is 0 Å². The molecule has 0 amide bonds. The summed E-state index contributed by atoms with van der Waals surface area (Å²) in [5, 5.41) is 0.834. The van der Waals surface area contributed by atoms with Crippen LogP contribution in [0.25, 0.3) is 0 Å². The summed E-state index contributed by atoms with van der Waals surface area (Å²) >= 11 is 15.0. The van der Waals surface area contributed by atoms with Crippen LogP contribution in [0.5, 0.6) is 0 Å². The van der Waals surface area contributed by atoms with Crippen LogP contribution in [0.4, 0.5) is 13.2 Å². The van der Waals surface area contributed by atoms with E-state index in [1.807, 2.05) is 0 Å². The molecular formula is C14H8BrCl2F3. The molecule has 20 heavy (non-hydrogen) atoms. The van der Waals surface area contributed by atoms with Gasteiger partial charge in [0.25, 0.3) is 0 Å². The Morgan fingerprint density at radius 2 is 1.55 bits per heavy atom. The molecule has 0 aliphatic heterocycles. The van der Waals surface area contributed by atoms with Crippen molar-refractivity contribution in [2.45, 2.75) is 11.2 Å². The Balaban J connectivity index is 2.23. The maximum absolute atomic E-state index is 13.2. The minimum Gasteiger partial charge on any atom is -0.204 e. The van der Waals surface area contributed by atoms with E-state index < -0.39 is 17.5 Å². The van der Waals surface area contributed by atoms with Crippen molar-refractivity contribution in [3.05, 3.63) is 69.0 Å². The Kier molecular flexibility index (Phi) is 4.99. The van der Waals surface area contributed by atoms with Crippen molar-refractivity contribution in [2.75, 3.05) is 0 Å². The van der Waals surface area contributed by atoms with Gasteiger partial charge in [-0.05, 0) is 41.8 Å². The number of benzene rings is 2. The average molecular weight is 384 g/mol. The standard InChI is InChI=1S/C14H8BrCl2F3/c15-9(3-7-1-2-10(16)11(17)4-7)8-5-12(18)14(20)13(19)6-8/h1-2,4-6,9H,3H2. The van der Waals surface area contributed by atoms with Gasteiger partial charge in [0.1, 0.15) is 0 Å². The summed E-state index contributed by atoms with van der Waals surface area (Å²) in [6.07, 6.45) is 0.432. The first-order valence-electron chi connectivity index (χ1n) is 5.61. The van der Waals surface area contributed by atoms with E-state index in [9.17, 15) is 13.2 Å². The van der Waals surface area contributed by atoms with Gasteiger partial charge in [0.15, 0.2) is 17.5 Å². The lowest BCUT2D eigenvalue weighted by atomic mass is 10.0. The smallest absolute Gasteiger partial charge is 0.194 e. The van der Waals surface area contributed by atoms with E-state index >= 15 is 0 Å². The number of hydrogen-bond donors (Lipinski definition) is 0. The zero-order valence-corrected chi connectivity index (χ0v) is 13.0. The third-order valence-electron chi connectivity index (χ3n) is 2.77. The predicted octanol–water partition coefficient (Wildman–Crippen LogP) is 6.09. The summed E-state index contributed by atoms with van der Waals surface area (Å²) in [7, 11) is 0. The lowest BCUT2D eigenvalue weighted by molar-refractivity contribution is 0.445. The first-order valence-corrected chi connectivity index (χ1v) is 7.28. The fraction of sp³-hybridized carbons (Fsp3) is 0.143. The zero-order valence-electron chi connectivity index (χ0n) is 9.94. The van der Waals surface area contributed by atoms with Crippen LogP contribution in [0, 0.1) is 17.5 Å². The van der Waals surface area contributed by atoms with E-state index in [4.69, 9.17) is 23.2 Å². The van der Waals surface area contributed by atoms with Crippen LogP contribution >= 0.6 is 39.1 Å². The highest BCUT2D eigenvalue weighted by Gasteiger charge is 2.16. The lowest BCUT2D eigenvalue weighted by Crippen LogP contribution is -2.00. The SMILES string of the molecule is Fc1cc(C(Br)Cc2ccc(Cl)c(Cl)c2)cc(F)c1F. The summed E-state index contributed by atoms with van der Waals surface area (Å²) in [6, 6.07) is 7.02. The van der Waals surface area contributed by atoms with Crippen molar-refractivity contribution in [3.8, 4) is 0 Å². The maximum atomic E-state index is 13.2. The molecule has 0 radical (unpaired) electrons. The first kappa shape index (κ1) is 15.7. The van der Waals surface area contributed by atoms with Crippen LogP contribution in [0.2, 0.25) is 10.0 Å². The number of halogens is 6. The van der Waals surface area contributed by atoms with E-state index in [0.29, 0.717) is 22.0 Å². The Labute approximate surface area is 132 Å². The molecule has 1 atom stereocenters. The van der Waals surface area contributed by atoms with Crippen LogP contribution in [0.3, 0.4) is 0 Å². The Morgan fingerprint density at radius 1 is 0.950 bits per heavy atom. The summed E-state index contributed by atoms with van der Waals surface area (Å²) < 4.78 is 39.3. The van der Waals surface area contributed by atoms with Crippen LogP contribution in [-0.2, 0) is 6.42 Å². The molecule has 0 saturated carbocycles. The molecule has 0 saturated heterocycles. The van der Waals surface area contributed by atoms with E-state index in [2.05, 4.69) is 15.9 Å². The molecule has 0 aliphatic carbocycles. The van der Waals surface area contributed by atoms with Crippen molar-refractivity contribution >= 4 is 39.1 Å². The quantitative estimate of drug-likeness (QED) is 0.444. The molecule has 2 aromatic carbocycles. The summed E-state index contributed by atoms with van der Waals surface area (Å²) in [6.45, 7) is 0. The average Bonchev–Trinajstić information content (AvgIpc) is 2.39. The van der Waals surface area contributed by atoms with E-state index in [1.165, 1.54) is 0 Å². The van der Waals surface area contributed by atoms with Crippen molar-refractivity contribution < 1.29 is 13.2 Å². The normalized spacial score (nSPS) is 12.5. The monoisotopic (exact) mass is 382 g/mol.